The van der Waals surface area contributed by atoms with Gasteiger partial charge in [-0.1, -0.05) is 6.58 Å². The fourth-order valence-electron chi connectivity index (χ4n) is 2.01. The Hall–Kier alpha value is -2.70. The smallest absolute Gasteiger partial charge is 0.272 e. The molecule has 0 fully saturated rings. The van der Waals surface area contributed by atoms with Crippen molar-refractivity contribution in [3.63, 3.8) is 0 Å². The van der Waals surface area contributed by atoms with Crippen molar-refractivity contribution in [1.82, 2.24) is 25.1 Å². The number of aromatic nitrogens is 4. The van der Waals surface area contributed by atoms with E-state index in [0.29, 0.717) is 28.7 Å². The topological polar surface area (TPSA) is 75.9 Å². The molecule has 0 spiro atoms. The Kier molecular flexibility index (Phi) is 4.78. The molecule has 0 aliphatic rings. The molecule has 2 rings (SSSR count). The Morgan fingerprint density at radius 3 is 2.65 bits per heavy atom. The first-order valence-electron chi connectivity index (χ1n) is 7.37. The zero-order valence-corrected chi connectivity index (χ0v) is 14.2. The maximum absolute atomic E-state index is 12.2. The van der Waals surface area contributed by atoms with Gasteiger partial charge in [0.15, 0.2) is 5.69 Å². The zero-order chi connectivity index (χ0) is 17.1. The number of amides is 1. The number of hydrogen-bond acceptors (Lipinski definition) is 5. The average molecular weight is 314 g/mol. The van der Waals surface area contributed by atoms with Crippen LogP contribution in [0.1, 0.15) is 31.3 Å². The molecule has 0 saturated carbocycles. The highest BCUT2D eigenvalue weighted by molar-refractivity contribution is 5.93. The standard InChI is InChI=1S/C16H22N6O/c1-10(2)18-15(23)13-9-14(22(20-13)11(3)4)12-7-8-17-16(19-12)21(5)6/h7-10H,3H2,1-2,4-6H3,(H,18,23). The monoisotopic (exact) mass is 314 g/mol. The number of anilines is 1. The van der Waals surface area contributed by atoms with E-state index in [9.17, 15) is 4.79 Å². The molecule has 0 atom stereocenters. The van der Waals surface area contributed by atoms with Crippen molar-refractivity contribution in [2.24, 2.45) is 0 Å². The second kappa shape index (κ2) is 6.60. The third-order valence-electron chi connectivity index (χ3n) is 3.03. The minimum absolute atomic E-state index is 0.0420. The molecule has 2 aromatic heterocycles. The normalized spacial score (nSPS) is 10.7. The van der Waals surface area contributed by atoms with Gasteiger partial charge < -0.3 is 10.2 Å². The highest BCUT2D eigenvalue weighted by Crippen LogP contribution is 2.22. The number of carbonyl (C=O) groups excluding carboxylic acids is 1. The van der Waals surface area contributed by atoms with Gasteiger partial charge in [0, 0.05) is 32.0 Å². The summed E-state index contributed by atoms with van der Waals surface area (Å²) in [6.45, 7) is 9.56. The minimum Gasteiger partial charge on any atom is -0.348 e. The molecule has 0 saturated heterocycles. The first-order valence-corrected chi connectivity index (χ1v) is 7.37. The molecule has 0 bridgehead atoms. The maximum Gasteiger partial charge on any atom is 0.272 e. The van der Waals surface area contributed by atoms with Crippen LogP contribution in [0.25, 0.3) is 17.1 Å². The lowest BCUT2D eigenvalue weighted by Crippen LogP contribution is -2.30. The van der Waals surface area contributed by atoms with Gasteiger partial charge in [-0.05, 0) is 32.9 Å². The molecule has 0 aromatic carbocycles. The molecule has 2 heterocycles. The molecule has 7 nitrogen and oxygen atoms in total. The van der Waals surface area contributed by atoms with E-state index >= 15 is 0 Å². The van der Waals surface area contributed by atoms with Crippen LogP contribution in [0, 0.1) is 0 Å². The summed E-state index contributed by atoms with van der Waals surface area (Å²) in [6, 6.07) is 3.54. The molecule has 0 aliphatic carbocycles. The Labute approximate surface area is 136 Å². The predicted molar refractivity (Wildman–Crippen MR) is 91.2 cm³/mol. The van der Waals surface area contributed by atoms with E-state index in [1.54, 1.807) is 23.0 Å². The van der Waals surface area contributed by atoms with Crippen LogP contribution >= 0.6 is 0 Å². The summed E-state index contributed by atoms with van der Waals surface area (Å²) in [7, 11) is 3.74. The van der Waals surface area contributed by atoms with Gasteiger partial charge in [0.25, 0.3) is 5.91 Å². The van der Waals surface area contributed by atoms with E-state index in [4.69, 9.17) is 0 Å². The number of nitrogens with one attached hydrogen (secondary N) is 1. The number of hydrogen-bond donors (Lipinski definition) is 1. The summed E-state index contributed by atoms with van der Waals surface area (Å²) >= 11 is 0. The Bertz CT molecular complexity index is 732. The van der Waals surface area contributed by atoms with Crippen LogP contribution in [0.15, 0.2) is 24.9 Å². The van der Waals surface area contributed by atoms with Crippen LogP contribution in [0.3, 0.4) is 0 Å². The molecule has 1 N–H and O–H groups in total. The van der Waals surface area contributed by atoms with Crippen LogP contribution in [0.5, 0.6) is 0 Å². The lowest BCUT2D eigenvalue weighted by molar-refractivity contribution is 0.0937. The van der Waals surface area contributed by atoms with E-state index in [1.807, 2.05) is 39.8 Å². The van der Waals surface area contributed by atoms with E-state index in [0.717, 1.165) is 0 Å². The van der Waals surface area contributed by atoms with Gasteiger partial charge in [-0.2, -0.15) is 5.10 Å². The maximum atomic E-state index is 12.2. The van der Waals surface area contributed by atoms with Crippen molar-refractivity contribution in [3.05, 3.63) is 30.6 Å². The molecule has 2 aromatic rings. The predicted octanol–water partition coefficient (Wildman–Crippen LogP) is 2.03. The summed E-state index contributed by atoms with van der Waals surface area (Å²) < 4.78 is 1.62. The van der Waals surface area contributed by atoms with E-state index in [-0.39, 0.29) is 11.9 Å². The van der Waals surface area contributed by atoms with Gasteiger partial charge in [0.1, 0.15) is 0 Å². The molecular weight excluding hydrogens is 292 g/mol. The first-order chi connectivity index (χ1) is 10.8. The summed E-state index contributed by atoms with van der Waals surface area (Å²) in [5.74, 6) is 0.369. The number of carbonyl (C=O) groups is 1. The van der Waals surface area contributed by atoms with Gasteiger partial charge >= 0.3 is 0 Å². The number of rotatable bonds is 5. The molecule has 0 unspecified atom stereocenters. The minimum atomic E-state index is -0.219. The lowest BCUT2D eigenvalue weighted by atomic mass is 10.2. The molecule has 0 radical (unpaired) electrons. The van der Waals surface area contributed by atoms with E-state index < -0.39 is 0 Å². The molecule has 1 amide bonds. The highest BCUT2D eigenvalue weighted by atomic mass is 16.2. The quantitative estimate of drug-likeness (QED) is 0.914. The third kappa shape index (κ3) is 3.74. The fourth-order valence-corrected chi connectivity index (χ4v) is 2.01. The summed E-state index contributed by atoms with van der Waals surface area (Å²) in [5.41, 5.74) is 2.43. The van der Waals surface area contributed by atoms with E-state index in [2.05, 4.69) is 27.0 Å². The summed E-state index contributed by atoms with van der Waals surface area (Å²) in [4.78, 5) is 22.7. The van der Waals surface area contributed by atoms with Crippen molar-refractivity contribution in [3.8, 4) is 11.4 Å². The van der Waals surface area contributed by atoms with Crippen molar-refractivity contribution in [2.45, 2.75) is 26.8 Å². The third-order valence-corrected chi connectivity index (χ3v) is 3.03. The fraction of sp³-hybridized carbons (Fsp3) is 0.375. The first kappa shape index (κ1) is 16.7. The molecule has 122 valence electrons. The van der Waals surface area contributed by atoms with Gasteiger partial charge in [-0.25, -0.2) is 14.6 Å². The second-order valence-corrected chi connectivity index (χ2v) is 5.83. The van der Waals surface area contributed by atoms with Gasteiger partial charge in [-0.3, -0.25) is 4.79 Å². The van der Waals surface area contributed by atoms with Crippen molar-refractivity contribution in [2.75, 3.05) is 19.0 Å². The zero-order valence-electron chi connectivity index (χ0n) is 14.2. The van der Waals surface area contributed by atoms with Crippen molar-refractivity contribution < 1.29 is 4.79 Å². The van der Waals surface area contributed by atoms with Crippen LogP contribution in [0.4, 0.5) is 5.95 Å². The molecule has 7 heteroatoms. The van der Waals surface area contributed by atoms with Crippen LogP contribution in [0.2, 0.25) is 0 Å². The molecular formula is C16H22N6O. The average Bonchev–Trinajstić information content (AvgIpc) is 2.92. The highest BCUT2D eigenvalue weighted by Gasteiger charge is 2.18. The lowest BCUT2D eigenvalue weighted by Gasteiger charge is -2.11. The van der Waals surface area contributed by atoms with Crippen LogP contribution in [-0.4, -0.2) is 45.8 Å². The van der Waals surface area contributed by atoms with Crippen LogP contribution < -0.4 is 10.2 Å². The van der Waals surface area contributed by atoms with Crippen molar-refractivity contribution in [1.29, 1.82) is 0 Å². The largest absolute Gasteiger partial charge is 0.348 e. The molecule has 23 heavy (non-hydrogen) atoms. The van der Waals surface area contributed by atoms with Gasteiger partial charge in [0.05, 0.1) is 11.4 Å². The molecule has 0 aliphatic heterocycles. The van der Waals surface area contributed by atoms with Gasteiger partial charge in [0.2, 0.25) is 5.95 Å². The number of allylic oxidation sites excluding steroid dienone is 1. The summed E-state index contributed by atoms with van der Waals surface area (Å²) in [5, 5.41) is 7.18. The Morgan fingerprint density at radius 2 is 2.09 bits per heavy atom. The van der Waals surface area contributed by atoms with Crippen molar-refractivity contribution >= 4 is 17.6 Å². The Balaban J connectivity index is 2.49. The number of nitrogens with zero attached hydrogens (tertiary/aromatic N) is 5. The second-order valence-electron chi connectivity index (χ2n) is 5.83. The SMILES string of the molecule is C=C(C)n1nc(C(=O)NC(C)C)cc1-c1ccnc(N(C)C)n1. The summed E-state index contributed by atoms with van der Waals surface area (Å²) in [6.07, 6.45) is 1.68. The van der Waals surface area contributed by atoms with Gasteiger partial charge in [-0.15, -0.1) is 0 Å². The van der Waals surface area contributed by atoms with Crippen LogP contribution in [-0.2, 0) is 0 Å². The van der Waals surface area contributed by atoms with E-state index in [1.165, 1.54) is 0 Å². The Morgan fingerprint density at radius 1 is 1.39 bits per heavy atom.